The summed E-state index contributed by atoms with van der Waals surface area (Å²) in [4.78, 5) is 15.1. The molecule has 17 heavy (non-hydrogen) atoms. The van der Waals surface area contributed by atoms with Crippen LogP contribution in [0.5, 0.6) is 0 Å². The van der Waals surface area contributed by atoms with Crippen molar-refractivity contribution >= 4 is 5.91 Å². The van der Waals surface area contributed by atoms with E-state index in [0.29, 0.717) is 0 Å². The van der Waals surface area contributed by atoms with Crippen LogP contribution in [0.15, 0.2) is 36.5 Å². The number of nitrogens with zero attached hydrogens (tertiary/aromatic N) is 1. The second-order valence-electron chi connectivity index (χ2n) is 3.42. The molecule has 1 heterocycles. The van der Waals surface area contributed by atoms with E-state index in [0.717, 1.165) is 18.2 Å². The first-order valence-corrected chi connectivity index (χ1v) is 4.79. The Morgan fingerprint density at radius 3 is 2.41 bits per heavy atom. The molecule has 0 aliphatic carbocycles. The quantitative estimate of drug-likeness (QED) is 0.865. The van der Waals surface area contributed by atoms with Crippen LogP contribution in [0.4, 0.5) is 8.78 Å². The number of aromatic nitrogens is 1. The van der Waals surface area contributed by atoms with E-state index in [1.807, 2.05) is 0 Å². The van der Waals surface area contributed by atoms with Crippen LogP contribution in [0.1, 0.15) is 10.4 Å². The van der Waals surface area contributed by atoms with Crippen molar-refractivity contribution in [2.45, 2.75) is 0 Å². The normalized spacial score (nSPS) is 10.2. The number of carbonyl (C=O) groups excluding carboxylic acids is 1. The number of pyridine rings is 1. The molecule has 0 fully saturated rings. The van der Waals surface area contributed by atoms with Gasteiger partial charge in [-0.1, -0.05) is 0 Å². The Morgan fingerprint density at radius 1 is 1.18 bits per heavy atom. The predicted molar refractivity (Wildman–Crippen MR) is 58.1 cm³/mol. The van der Waals surface area contributed by atoms with Gasteiger partial charge in [-0.05, 0) is 24.3 Å². The molecule has 5 heteroatoms. The predicted octanol–water partition coefficient (Wildman–Crippen LogP) is 2.13. The van der Waals surface area contributed by atoms with Crippen molar-refractivity contribution in [2.24, 2.45) is 5.73 Å². The molecule has 3 nitrogen and oxygen atoms in total. The number of halogens is 2. The SMILES string of the molecule is NC(=O)c1cccnc1-c1cc(F)cc(F)c1. The molecule has 0 saturated heterocycles. The van der Waals surface area contributed by atoms with Gasteiger partial charge in [-0.2, -0.15) is 0 Å². The summed E-state index contributed by atoms with van der Waals surface area (Å²) < 4.78 is 26.1. The molecule has 0 saturated carbocycles. The zero-order valence-electron chi connectivity index (χ0n) is 8.65. The van der Waals surface area contributed by atoms with Gasteiger partial charge in [0.15, 0.2) is 0 Å². The minimum atomic E-state index is -0.735. The van der Waals surface area contributed by atoms with Gasteiger partial charge >= 0.3 is 0 Å². The number of carbonyl (C=O) groups is 1. The summed E-state index contributed by atoms with van der Waals surface area (Å²) in [7, 11) is 0. The van der Waals surface area contributed by atoms with Crippen LogP contribution in [-0.4, -0.2) is 10.9 Å². The summed E-state index contributed by atoms with van der Waals surface area (Å²) in [6.45, 7) is 0. The summed E-state index contributed by atoms with van der Waals surface area (Å²) in [5, 5.41) is 0. The van der Waals surface area contributed by atoms with Crippen molar-refractivity contribution in [1.29, 1.82) is 0 Å². The van der Waals surface area contributed by atoms with Crippen LogP contribution in [0, 0.1) is 11.6 Å². The summed E-state index contributed by atoms with van der Waals surface area (Å²) in [5.74, 6) is -2.17. The summed E-state index contributed by atoms with van der Waals surface area (Å²) in [6.07, 6.45) is 1.42. The average molecular weight is 234 g/mol. The minimum Gasteiger partial charge on any atom is -0.366 e. The smallest absolute Gasteiger partial charge is 0.250 e. The van der Waals surface area contributed by atoms with E-state index in [-0.39, 0.29) is 16.8 Å². The zero-order valence-corrected chi connectivity index (χ0v) is 8.65. The molecule has 0 unspecified atom stereocenters. The average Bonchev–Trinajstić information content (AvgIpc) is 2.27. The van der Waals surface area contributed by atoms with Gasteiger partial charge in [0, 0.05) is 17.8 Å². The Morgan fingerprint density at radius 2 is 1.82 bits per heavy atom. The highest BCUT2D eigenvalue weighted by Crippen LogP contribution is 2.22. The lowest BCUT2D eigenvalue weighted by Crippen LogP contribution is -2.13. The molecule has 0 aliphatic rings. The number of primary amides is 1. The minimum absolute atomic E-state index is 0.123. The number of amides is 1. The molecule has 1 aromatic carbocycles. The van der Waals surface area contributed by atoms with E-state index < -0.39 is 17.5 Å². The van der Waals surface area contributed by atoms with Crippen LogP contribution in [0.2, 0.25) is 0 Å². The molecule has 0 atom stereocenters. The molecule has 2 N–H and O–H groups in total. The Kier molecular flexibility index (Phi) is 2.82. The van der Waals surface area contributed by atoms with E-state index >= 15 is 0 Å². The Bertz CT molecular complexity index is 564. The highest BCUT2D eigenvalue weighted by atomic mass is 19.1. The molecule has 0 spiro atoms. The monoisotopic (exact) mass is 234 g/mol. The fourth-order valence-corrected chi connectivity index (χ4v) is 1.52. The second-order valence-corrected chi connectivity index (χ2v) is 3.42. The summed E-state index contributed by atoms with van der Waals surface area (Å²) >= 11 is 0. The van der Waals surface area contributed by atoms with Crippen LogP contribution in [0.25, 0.3) is 11.3 Å². The maximum Gasteiger partial charge on any atom is 0.250 e. The third kappa shape index (κ3) is 2.28. The van der Waals surface area contributed by atoms with Gasteiger partial charge in [-0.3, -0.25) is 9.78 Å². The van der Waals surface area contributed by atoms with E-state index in [1.54, 1.807) is 0 Å². The topological polar surface area (TPSA) is 56.0 Å². The van der Waals surface area contributed by atoms with Crippen molar-refractivity contribution < 1.29 is 13.6 Å². The summed E-state index contributed by atoms with van der Waals surface area (Å²) in [5.41, 5.74) is 5.63. The van der Waals surface area contributed by atoms with Crippen molar-refractivity contribution in [3.05, 3.63) is 53.7 Å². The first kappa shape index (κ1) is 11.2. The van der Waals surface area contributed by atoms with E-state index in [4.69, 9.17) is 5.73 Å². The standard InChI is InChI=1S/C12H8F2N2O/c13-8-4-7(5-9(14)6-8)11-10(12(15)17)2-1-3-16-11/h1-6H,(H2,15,17). The zero-order chi connectivity index (χ0) is 12.4. The fourth-order valence-electron chi connectivity index (χ4n) is 1.52. The third-order valence-corrected chi connectivity index (χ3v) is 2.21. The largest absolute Gasteiger partial charge is 0.366 e. The molecule has 1 aromatic heterocycles. The van der Waals surface area contributed by atoms with Crippen molar-refractivity contribution in [2.75, 3.05) is 0 Å². The molecule has 0 aliphatic heterocycles. The molecule has 86 valence electrons. The number of nitrogens with two attached hydrogens (primary N) is 1. The Balaban J connectivity index is 2.64. The van der Waals surface area contributed by atoms with Crippen molar-refractivity contribution in [3.63, 3.8) is 0 Å². The van der Waals surface area contributed by atoms with Crippen molar-refractivity contribution in [3.8, 4) is 11.3 Å². The number of rotatable bonds is 2. The first-order chi connectivity index (χ1) is 8.08. The maximum atomic E-state index is 13.1. The molecular formula is C12H8F2N2O. The van der Waals surface area contributed by atoms with E-state index in [1.165, 1.54) is 18.3 Å². The Hall–Kier alpha value is -2.30. The van der Waals surface area contributed by atoms with Gasteiger partial charge in [-0.15, -0.1) is 0 Å². The lowest BCUT2D eigenvalue weighted by atomic mass is 10.1. The maximum absolute atomic E-state index is 13.1. The molecular weight excluding hydrogens is 226 g/mol. The number of benzene rings is 1. The van der Waals surface area contributed by atoms with Gasteiger partial charge in [0.25, 0.3) is 5.91 Å². The van der Waals surface area contributed by atoms with Crippen LogP contribution in [-0.2, 0) is 0 Å². The lowest BCUT2D eigenvalue weighted by molar-refractivity contribution is 0.100. The molecule has 0 bridgehead atoms. The van der Waals surface area contributed by atoms with Gasteiger partial charge < -0.3 is 5.73 Å². The number of hydrogen-bond acceptors (Lipinski definition) is 2. The highest BCUT2D eigenvalue weighted by molar-refractivity contribution is 5.98. The third-order valence-electron chi connectivity index (χ3n) is 2.21. The van der Waals surface area contributed by atoms with Crippen LogP contribution < -0.4 is 5.73 Å². The first-order valence-electron chi connectivity index (χ1n) is 4.79. The van der Waals surface area contributed by atoms with E-state index in [9.17, 15) is 13.6 Å². The fraction of sp³-hybridized carbons (Fsp3) is 0. The second kappa shape index (κ2) is 4.29. The Labute approximate surface area is 95.9 Å². The van der Waals surface area contributed by atoms with Gasteiger partial charge in [0.05, 0.1) is 11.3 Å². The number of hydrogen-bond donors (Lipinski definition) is 1. The van der Waals surface area contributed by atoms with Gasteiger partial charge in [0.1, 0.15) is 11.6 Å². The highest BCUT2D eigenvalue weighted by Gasteiger charge is 2.12. The van der Waals surface area contributed by atoms with Crippen LogP contribution >= 0.6 is 0 Å². The molecule has 2 aromatic rings. The molecule has 2 rings (SSSR count). The van der Waals surface area contributed by atoms with E-state index in [2.05, 4.69) is 4.98 Å². The lowest BCUT2D eigenvalue weighted by Gasteiger charge is -2.05. The van der Waals surface area contributed by atoms with Crippen LogP contribution in [0.3, 0.4) is 0 Å². The summed E-state index contributed by atoms with van der Waals surface area (Å²) in [6, 6.07) is 5.92. The van der Waals surface area contributed by atoms with Gasteiger partial charge in [0.2, 0.25) is 0 Å². The van der Waals surface area contributed by atoms with Crippen molar-refractivity contribution in [1.82, 2.24) is 4.98 Å². The molecule has 1 amide bonds. The molecule has 0 radical (unpaired) electrons. The van der Waals surface area contributed by atoms with Gasteiger partial charge in [-0.25, -0.2) is 8.78 Å².